The van der Waals surface area contributed by atoms with Gasteiger partial charge in [-0.25, -0.2) is 19.6 Å². The predicted octanol–water partition coefficient (Wildman–Crippen LogP) is 4.40. The molecule has 0 aliphatic carbocycles. The van der Waals surface area contributed by atoms with E-state index in [1.54, 1.807) is 27.7 Å². The highest BCUT2D eigenvalue weighted by Gasteiger charge is 2.17. The first-order chi connectivity index (χ1) is 14.2. The zero-order valence-corrected chi connectivity index (χ0v) is 17.7. The molecule has 2 heterocycles. The number of amides is 1. The molecule has 0 spiro atoms. The maximum atomic E-state index is 11.8. The standard InChI is InChI=1S/C22H25N3O5/c1-6-28-20(26)16-10-23-19(24-11-16)15-7-13(2)18-14(8-15)9-17(29-18)12-25-21(27)30-22(3,4)5/h7-11H,6,12H2,1-5H3,(H,25,27). The Hall–Kier alpha value is -3.42. The van der Waals surface area contributed by atoms with E-state index in [9.17, 15) is 9.59 Å². The van der Waals surface area contributed by atoms with Gasteiger partial charge in [0.25, 0.3) is 0 Å². The highest BCUT2D eigenvalue weighted by molar-refractivity contribution is 5.89. The normalized spacial score (nSPS) is 11.4. The van der Waals surface area contributed by atoms with Crippen molar-refractivity contribution in [3.8, 4) is 11.4 Å². The molecule has 3 aromatic rings. The maximum Gasteiger partial charge on any atom is 0.408 e. The fraction of sp³-hybridized carbons (Fsp3) is 0.364. The summed E-state index contributed by atoms with van der Waals surface area (Å²) in [5.74, 6) is 0.644. The molecule has 3 rings (SSSR count). The molecular weight excluding hydrogens is 386 g/mol. The van der Waals surface area contributed by atoms with Crippen LogP contribution in [0.15, 0.2) is 35.0 Å². The van der Waals surface area contributed by atoms with E-state index >= 15 is 0 Å². The number of furan rings is 1. The van der Waals surface area contributed by atoms with Crippen LogP contribution < -0.4 is 5.32 Å². The summed E-state index contributed by atoms with van der Waals surface area (Å²) in [5, 5.41) is 3.55. The van der Waals surface area contributed by atoms with Crippen molar-refractivity contribution in [3.63, 3.8) is 0 Å². The van der Waals surface area contributed by atoms with Gasteiger partial charge in [-0.2, -0.15) is 0 Å². The van der Waals surface area contributed by atoms with Crippen molar-refractivity contribution in [2.45, 2.75) is 46.8 Å². The molecule has 1 amide bonds. The summed E-state index contributed by atoms with van der Waals surface area (Å²) in [6.07, 6.45) is 2.40. The van der Waals surface area contributed by atoms with Crippen molar-refractivity contribution in [2.75, 3.05) is 6.61 Å². The minimum absolute atomic E-state index is 0.211. The van der Waals surface area contributed by atoms with E-state index in [0.29, 0.717) is 23.8 Å². The predicted molar refractivity (Wildman–Crippen MR) is 111 cm³/mol. The van der Waals surface area contributed by atoms with Crippen LogP contribution in [-0.4, -0.2) is 34.2 Å². The molecule has 2 aromatic heterocycles. The van der Waals surface area contributed by atoms with E-state index in [1.807, 2.05) is 25.1 Å². The summed E-state index contributed by atoms with van der Waals surface area (Å²) >= 11 is 0. The summed E-state index contributed by atoms with van der Waals surface area (Å²) in [5.41, 5.74) is 2.17. The molecular formula is C22H25N3O5. The minimum Gasteiger partial charge on any atom is -0.462 e. The van der Waals surface area contributed by atoms with Gasteiger partial charge in [-0.1, -0.05) is 0 Å². The molecule has 1 aromatic carbocycles. The monoisotopic (exact) mass is 411 g/mol. The van der Waals surface area contributed by atoms with Crippen molar-refractivity contribution in [2.24, 2.45) is 0 Å². The fourth-order valence-corrected chi connectivity index (χ4v) is 2.87. The minimum atomic E-state index is -0.563. The summed E-state index contributed by atoms with van der Waals surface area (Å²) < 4.78 is 16.1. The van der Waals surface area contributed by atoms with Crippen molar-refractivity contribution in [3.05, 3.63) is 47.5 Å². The molecule has 0 atom stereocenters. The number of carbonyl (C=O) groups is 2. The second kappa shape index (κ2) is 8.52. The first-order valence-corrected chi connectivity index (χ1v) is 9.65. The number of esters is 1. The fourth-order valence-electron chi connectivity index (χ4n) is 2.87. The maximum absolute atomic E-state index is 11.8. The van der Waals surface area contributed by atoms with Crippen LogP contribution in [-0.2, 0) is 16.0 Å². The molecule has 0 radical (unpaired) electrons. The molecule has 1 N–H and O–H groups in total. The SMILES string of the molecule is CCOC(=O)c1cnc(-c2cc(C)c3oc(CNC(=O)OC(C)(C)C)cc3c2)nc1. The Balaban J connectivity index is 1.79. The smallest absolute Gasteiger partial charge is 0.408 e. The molecule has 8 nitrogen and oxygen atoms in total. The highest BCUT2D eigenvalue weighted by atomic mass is 16.6. The van der Waals surface area contributed by atoms with E-state index < -0.39 is 17.7 Å². The van der Waals surface area contributed by atoms with E-state index in [4.69, 9.17) is 13.9 Å². The molecule has 0 unspecified atom stereocenters. The van der Waals surface area contributed by atoms with Gasteiger partial charge in [0.15, 0.2) is 5.82 Å². The van der Waals surface area contributed by atoms with Gasteiger partial charge < -0.3 is 19.2 Å². The van der Waals surface area contributed by atoms with Crippen molar-refractivity contribution < 1.29 is 23.5 Å². The zero-order chi connectivity index (χ0) is 21.9. The van der Waals surface area contributed by atoms with Gasteiger partial charge in [-0.05, 0) is 58.4 Å². The second-order valence-electron chi connectivity index (χ2n) is 7.80. The number of benzene rings is 1. The van der Waals surface area contributed by atoms with Gasteiger partial charge in [0.1, 0.15) is 16.9 Å². The van der Waals surface area contributed by atoms with E-state index in [0.717, 1.165) is 22.1 Å². The van der Waals surface area contributed by atoms with Crippen LogP contribution in [0.3, 0.4) is 0 Å². The number of aromatic nitrogens is 2. The highest BCUT2D eigenvalue weighted by Crippen LogP contribution is 2.28. The van der Waals surface area contributed by atoms with E-state index in [2.05, 4.69) is 15.3 Å². The Morgan fingerprint density at radius 2 is 1.83 bits per heavy atom. The van der Waals surface area contributed by atoms with E-state index in [-0.39, 0.29) is 6.54 Å². The van der Waals surface area contributed by atoms with Crippen molar-refractivity contribution >= 4 is 23.0 Å². The van der Waals surface area contributed by atoms with Crippen LogP contribution in [0.1, 0.15) is 49.4 Å². The lowest BCUT2D eigenvalue weighted by Crippen LogP contribution is -2.32. The van der Waals surface area contributed by atoms with E-state index in [1.165, 1.54) is 12.4 Å². The number of alkyl carbamates (subject to hydrolysis) is 1. The lowest BCUT2D eigenvalue weighted by Gasteiger charge is -2.19. The number of rotatable bonds is 5. The number of aryl methyl sites for hydroxylation is 1. The van der Waals surface area contributed by atoms with Crippen LogP contribution in [0, 0.1) is 6.92 Å². The van der Waals surface area contributed by atoms with Gasteiger partial charge in [0, 0.05) is 23.3 Å². The Labute approximate surface area is 174 Å². The lowest BCUT2D eigenvalue weighted by molar-refractivity contribution is 0.0512. The Bertz CT molecular complexity index is 1060. The first kappa shape index (κ1) is 21.3. The average molecular weight is 411 g/mol. The molecule has 8 heteroatoms. The summed E-state index contributed by atoms with van der Waals surface area (Å²) in [7, 11) is 0. The van der Waals surface area contributed by atoms with Crippen LogP contribution in [0.2, 0.25) is 0 Å². The third-order valence-corrected chi connectivity index (χ3v) is 4.08. The molecule has 30 heavy (non-hydrogen) atoms. The molecule has 0 fully saturated rings. The van der Waals surface area contributed by atoms with Gasteiger partial charge in [0.2, 0.25) is 0 Å². The number of hydrogen-bond donors (Lipinski definition) is 1. The number of fused-ring (bicyclic) bond motifs is 1. The van der Waals surface area contributed by atoms with Crippen LogP contribution in [0.25, 0.3) is 22.4 Å². The van der Waals surface area contributed by atoms with Crippen LogP contribution >= 0.6 is 0 Å². The molecule has 0 bridgehead atoms. The molecule has 0 aliphatic heterocycles. The molecule has 158 valence electrons. The largest absolute Gasteiger partial charge is 0.462 e. The third kappa shape index (κ3) is 5.14. The summed E-state index contributed by atoms with van der Waals surface area (Å²) in [6, 6.07) is 5.68. The number of nitrogens with one attached hydrogen (secondary N) is 1. The van der Waals surface area contributed by atoms with Crippen LogP contribution in [0.4, 0.5) is 4.79 Å². The Morgan fingerprint density at radius 1 is 1.13 bits per heavy atom. The number of carbonyl (C=O) groups excluding carboxylic acids is 2. The van der Waals surface area contributed by atoms with Gasteiger partial charge in [-0.3, -0.25) is 0 Å². The second-order valence-corrected chi connectivity index (χ2v) is 7.80. The zero-order valence-electron chi connectivity index (χ0n) is 17.7. The molecule has 0 saturated carbocycles. The topological polar surface area (TPSA) is 104 Å². The van der Waals surface area contributed by atoms with Crippen LogP contribution in [0.5, 0.6) is 0 Å². The number of hydrogen-bond acceptors (Lipinski definition) is 7. The van der Waals surface area contributed by atoms with Gasteiger partial charge in [-0.15, -0.1) is 0 Å². The van der Waals surface area contributed by atoms with Crippen molar-refractivity contribution in [1.29, 1.82) is 0 Å². The van der Waals surface area contributed by atoms with Gasteiger partial charge >= 0.3 is 12.1 Å². The Morgan fingerprint density at radius 3 is 2.47 bits per heavy atom. The van der Waals surface area contributed by atoms with Gasteiger partial charge in [0.05, 0.1) is 18.7 Å². The number of nitrogens with zero attached hydrogens (tertiary/aromatic N) is 2. The average Bonchev–Trinajstić information content (AvgIpc) is 3.09. The molecule has 0 aliphatic rings. The lowest BCUT2D eigenvalue weighted by atomic mass is 10.1. The molecule has 0 saturated heterocycles. The summed E-state index contributed by atoms with van der Waals surface area (Å²) in [6.45, 7) is 9.59. The Kier molecular flexibility index (Phi) is 6.05. The third-order valence-electron chi connectivity index (χ3n) is 4.08. The number of ether oxygens (including phenoxy) is 2. The van der Waals surface area contributed by atoms with Crippen molar-refractivity contribution in [1.82, 2.24) is 15.3 Å². The summed E-state index contributed by atoms with van der Waals surface area (Å²) in [4.78, 5) is 32.2. The first-order valence-electron chi connectivity index (χ1n) is 9.65. The quantitative estimate of drug-likeness (QED) is 0.621.